The van der Waals surface area contributed by atoms with Gasteiger partial charge in [-0.05, 0) is 30.7 Å². The highest BCUT2D eigenvalue weighted by Gasteiger charge is 2.23. The number of nitrogens with one attached hydrogen (secondary N) is 3. The van der Waals surface area contributed by atoms with Crippen molar-refractivity contribution in [2.75, 3.05) is 42.9 Å². The van der Waals surface area contributed by atoms with Crippen molar-refractivity contribution in [3.05, 3.63) is 79.7 Å². The second kappa shape index (κ2) is 11.3. The van der Waals surface area contributed by atoms with E-state index < -0.39 is 6.10 Å². The fraction of sp³-hybridized carbons (Fsp3) is 0.296. The third-order valence-electron chi connectivity index (χ3n) is 6.92. The zero-order chi connectivity index (χ0) is 27.6. The van der Waals surface area contributed by atoms with Crippen molar-refractivity contribution < 1.29 is 5.11 Å². The van der Waals surface area contributed by atoms with Crippen molar-refractivity contribution in [1.82, 2.24) is 34.8 Å². The Balaban J connectivity index is 1.21. The first-order valence-corrected chi connectivity index (χ1v) is 14.2. The minimum Gasteiger partial charge on any atom is -0.387 e. The summed E-state index contributed by atoms with van der Waals surface area (Å²) in [7, 11) is 0. The van der Waals surface area contributed by atoms with E-state index in [2.05, 4.69) is 35.1 Å². The molecular formula is C27H28ClN9O2S. The predicted molar refractivity (Wildman–Crippen MR) is 157 cm³/mol. The van der Waals surface area contributed by atoms with Gasteiger partial charge in [-0.2, -0.15) is 4.98 Å². The Morgan fingerprint density at radius 2 is 2.02 bits per heavy atom. The van der Waals surface area contributed by atoms with Gasteiger partial charge in [-0.1, -0.05) is 23.7 Å². The largest absolute Gasteiger partial charge is 0.387 e. The Morgan fingerprint density at radius 3 is 2.80 bits per heavy atom. The Morgan fingerprint density at radius 1 is 1.18 bits per heavy atom. The van der Waals surface area contributed by atoms with E-state index in [4.69, 9.17) is 21.6 Å². The van der Waals surface area contributed by atoms with Crippen molar-refractivity contribution in [1.29, 1.82) is 0 Å². The van der Waals surface area contributed by atoms with Crippen molar-refractivity contribution in [3.63, 3.8) is 0 Å². The number of imidazole rings is 1. The molecule has 40 heavy (non-hydrogen) atoms. The fourth-order valence-corrected chi connectivity index (χ4v) is 5.67. The molecule has 1 aliphatic heterocycles. The van der Waals surface area contributed by atoms with E-state index in [1.54, 1.807) is 47.9 Å². The summed E-state index contributed by atoms with van der Waals surface area (Å²) in [6.07, 6.45) is 2.58. The molecule has 0 bridgehead atoms. The van der Waals surface area contributed by atoms with Gasteiger partial charge in [0.1, 0.15) is 21.9 Å². The molecule has 6 rings (SSSR count). The molecule has 206 valence electrons. The number of aliphatic hydroxyl groups is 1. The molecule has 5 aromatic rings. The third kappa shape index (κ3) is 5.56. The summed E-state index contributed by atoms with van der Waals surface area (Å²) in [5.41, 5.74) is 3.12. The molecule has 1 unspecified atom stereocenters. The zero-order valence-electron chi connectivity index (χ0n) is 21.8. The highest BCUT2D eigenvalue weighted by atomic mass is 35.5. The monoisotopic (exact) mass is 577 g/mol. The average molecular weight is 578 g/mol. The molecule has 0 spiro atoms. The number of pyridine rings is 1. The first-order valence-electron chi connectivity index (χ1n) is 12.9. The van der Waals surface area contributed by atoms with Crippen LogP contribution in [0.4, 0.5) is 11.6 Å². The number of aryl methyl sites for hydroxylation is 1. The normalized spacial score (nSPS) is 15.0. The summed E-state index contributed by atoms with van der Waals surface area (Å²) >= 11 is 7.74. The number of rotatable bonds is 8. The fourth-order valence-electron chi connectivity index (χ4n) is 4.81. The van der Waals surface area contributed by atoms with Crippen LogP contribution in [-0.4, -0.2) is 72.6 Å². The predicted octanol–water partition coefficient (Wildman–Crippen LogP) is 3.59. The number of anilines is 2. The lowest BCUT2D eigenvalue weighted by molar-refractivity contribution is 0.191. The van der Waals surface area contributed by atoms with Crippen LogP contribution in [0.5, 0.6) is 0 Å². The van der Waals surface area contributed by atoms with Gasteiger partial charge in [0.15, 0.2) is 5.65 Å². The van der Waals surface area contributed by atoms with E-state index in [0.717, 1.165) is 43.4 Å². The van der Waals surface area contributed by atoms with Crippen LogP contribution >= 0.6 is 22.9 Å². The summed E-state index contributed by atoms with van der Waals surface area (Å²) in [4.78, 5) is 42.0. The first-order chi connectivity index (χ1) is 19.4. The SMILES string of the molecule is Cc1nc(N2CCN(Cc3nccs3)CC2)nc2[nH]c(-c3c(NCC(O)c4cccc(Cl)c4)cc[nH]c3=O)nc12. The number of nitrogens with zero attached hydrogens (tertiary/aromatic N) is 6. The summed E-state index contributed by atoms with van der Waals surface area (Å²) in [6.45, 7) is 6.32. The Bertz CT molecular complexity index is 1680. The smallest absolute Gasteiger partial charge is 0.261 e. The lowest BCUT2D eigenvalue weighted by atomic mass is 10.1. The van der Waals surface area contributed by atoms with Gasteiger partial charge in [-0.25, -0.2) is 15.0 Å². The first kappa shape index (κ1) is 26.4. The number of H-pyrrole nitrogens is 2. The van der Waals surface area contributed by atoms with E-state index in [-0.39, 0.29) is 12.1 Å². The van der Waals surface area contributed by atoms with Crippen molar-refractivity contribution >= 4 is 45.7 Å². The van der Waals surface area contributed by atoms with Crippen molar-refractivity contribution in [3.8, 4) is 11.4 Å². The molecule has 1 aromatic carbocycles. The van der Waals surface area contributed by atoms with Gasteiger partial charge >= 0.3 is 0 Å². The van der Waals surface area contributed by atoms with Crippen LogP contribution in [0.2, 0.25) is 5.02 Å². The molecule has 1 fully saturated rings. The summed E-state index contributed by atoms with van der Waals surface area (Å²) in [5, 5.41) is 17.5. The topological polar surface area (TPSA) is 139 Å². The van der Waals surface area contributed by atoms with Crippen LogP contribution in [0.15, 0.2) is 52.9 Å². The lowest BCUT2D eigenvalue weighted by Crippen LogP contribution is -2.46. The summed E-state index contributed by atoms with van der Waals surface area (Å²) in [6, 6.07) is 8.79. The van der Waals surface area contributed by atoms with Crippen LogP contribution in [0, 0.1) is 6.92 Å². The number of fused-ring (bicyclic) bond motifs is 1. The van der Waals surface area contributed by atoms with Crippen LogP contribution in [0.1, 0.15) is 22.4 Å². The molecule has 0 aliphatic carbocycles. The average Bonchev–Trinajstić information content (AvgIpc) is 3.62. The maximum atomic E-state index is 12.9. The second-order valence-corrected chi connectivity index (χ2v) is 11.0. The number of piperazine rings is 1. The van der Waals surface area contributed by atoms with E-state index in [1.807, 2.05) is 18.5 Å². The maximum Gasteiger partial charge on any atom is 0.261 e. The zero-order valence-corrected chi connectivity index (χ0v) is 23.3. The third-order valence-corrected chi connectivity index (χ3v) is 7.92. The number of benzene rings is 1. The van der Waals surface area contributed by atoms with Gasteiger partial charge in [0.25, 0.3) is 5.56 Å². The van der Waals surface area contributed by atoms with Crippen molar-refractivity contribution in [2.45, 2.75) is 19.6 Å². The molecule has 0 saturated carbocycles. The van der Waals surface area contributed by atoms with E-state index in [1.165, 1.54) is 0 Å². The Kier molecular flexibility index (Phi) is 7.48. The Labute approximate surface area is 238 Å². The minimum atomic E-state index is -0.820. The molecular weight excluding hydrogens is 550 g/mol. The molecule has 1 saturated heterocycles. The molecule has 5 heterocycles. The van der Waals surface area contributed by atoms with Gasteiger partial charge in [0, 0.05) is 55.5 Å². The quantitative estimate of drug-likeness (QED) is 0.218. The van der Waals surface area contributed by atoms with Gasteiger partial charge < -0.3 is 25.3 Å². The second-order valence-electron chi connectivity index (χ2n) is 9.63. The maximum absolute atomic E-state index is 12.9. The molecule has 0 radical (unpaired) electrons. The van der Waals surface area contributed by atoms with Gasteiger partial charge in [0.2, 0.25) is 5.95 Å². The van der Waals surface area contributed by atoms with E-state index in [0.29, 0.717) is 44.8 Å². The van der Waals surface area contributed by atoms with Crippen LogP contribution in [0.3, 0.4) is 0 Å². The number of aromatic nitrogens is 6. The minimum absolute atomic E-state index is 0.175. The van der Waals surface area contributed by atoms with Gasteiger partial charge in [0.05, 0.1) is 24.0 Å². The number of hydrogen-bond donors (Lipinski definition) is 4. The van der Waals surface area contributed by atoms with E-state index in [9.17, 15) is 9.90 Å². The summed E-state index contributed by atoms with van der Waals surface area (Å²) < 4.78 is 0. The van der Waals surface area contributed by atoms with Crippen LogP contribution in [-0.2, 0) is 6.54 Å². The highest BCUT2D eigenvalue weighted by molar-refractivity contribution is 7.09. The van der Waals surface area contributed by atoms with Crippen LogP contribution < -0.4 is 15.8 Å². The van der Waals surface area contributed by atoms with Crippen molar-refractivity contribution in [2.24, 2.45) is 0 Å². The van der Waals surface area contributed by atoms with Crippen LogP contribution in [0.25, 0.3) is 22.6 Å². The standard InChI is InChI=1S/C27H28ClN9O2S/c1-16-23-25(35-27(32-16)37-10-8-36(9-11-37)15-21-29-7-12-40-21)34-24(33-23)22-19(5-6-30-26(22)39)31-14-20(38)17-3-2-4-18(28)13-17/h2-7,12-13,20,38H,8-11,14-15H2,1H3,(H2,30,31,39)(H,32,33,34,35). The molecule has 11 nitrogen and oxygen atoms in total. The Hall–Kier alpha value is -3.84. The van der Waals surface area contributed by atoms with Gasteiger partial charge in [-0.15, -0.1) is 11.3 Å². The summed E-state index contributed by atoms with van der Waals surface area (Å²) in [5.74, 6) is 1.01. The molecule has 1 aliphatic rings. The highest BCUT2D eigenvalue weighted by Crippen LogP contribution is 2.27. The molecule has 0 amide bonds. The number of aromatic amines is 2. The van der Waals surface area contributed by atoms with Gasteiger partial charge in [-0.3, -0.25) is 9.69 Å². The number of thiazole rings is 1. The number of hydrogen-bond acceptors (Lipinski definition) is 10. The van der Waals surface area contributed by atoms with E-state index >= 15 is 0 Å². The molecule has 4 N–H and O–H groups in total. The number of halogens is 1. The number of aliphatic hydroxyl groups excluding tert-OH is 1. The molecule has 1 atom stereocenters. The molecule has 13 heteroatoms. The molecule has 4 aromatic heterocycles. The lowest BCUT2D eigenvalue weighted by Gasteiger charge is -2.34.